The van der Waals surface area contributed by atoms with E-state index >= 15 is 0 Å². The Morgan fingerprint density at radius 3 is 2.10 bits per heavy atom. The van der Waals surface area contributed by atoms with Gasteiger partial charge in [-0.15, -0.1) is 0 Å². The van der Waals surface area contributed by atoms with Crippen molar-refractivity contribution in [3.63, 3.8) is 0 Å². The second-order valence-electron chi connectivity index (χ2n) is 3.53. The molecule has 20 heavy (non-hydrogen) atoms. The van der Waals surface area contributed by atoms with Gasteiger partial charge in [0.1, 0.15) is 11.1 Å². The molecule has 0 spiro atoms. The van der Waals surface area contributed by atoms with Crippen LogP contribution >= 0.6 is 0 Å². The highest BCUT2D eigenvalue weighted by Crippen LogP contribution is 2.30. The standard InChI is InChI=1S/C10H5F4N3O3/c11-5-3(9-16-2(1-15)20-17-9)6(12)8(14)4(7(5)13)10(18)19/h1,15H2,(H,18,19). The van der Waals surface area contributed by atoms with Gasteiger partial charge in [0.05, 0.1) is 6.54 Å². The highest BCUT2D eigenvalue weighted by atomic mass is 19.2. The van der Waals surface area contributed by atoms with Gasteiger partial charge in [0.2, 0.25) is 11.7 Å². The topological polar surface area (TPSA) is 102 Å². The molecule has 0 aliphatic rings. The minimum Gasteiger partial charge on any atom is -0.477 e. The lowest BCUT2D eigenvalue weighted by Gasteiger charge is -2.06. The number of carboxylic acids is 1. The molecule has 6 nitrogen and oxygen atoms in total. The van der Waals surface area contributed by atoms with Gasteiger partial charge in [-0.3, -0.25) is 0 Å². The third-order valence-corrected chi connectivity index (χ3v) is 2.34. The molecule has 0 radical (unpaired) electrons. The van der Waals surface area contributed by atoms with Crippen LogP contribution in [0.15, 0.2) is 4.52 Å². The number of aromatic carboxylic acids is 1. The summed E-state index contributed by atoms with van der Waals surface area (Å²) in [5, 5.41) is 11.6. The van der Waals surface area contributed by atoms with Gasteiger partial charge in [0, 0.05) is 0 Å². The van der Waals surface area contributed by atoms with Gasteiger partial charge in [0.15, 0.2) is 23.3 Å². The first kappa shape index (κ1) is 13.9. The maximum absolute atomic E-state index is 13.7. The molecule has 0 amide bonds. The van der Waals surface area contributed by atoms with E-state index in [-0.39, 0.29) is 12.4 Å². The van der Waals surface area contributed by atoms with Crippen LogP contribution in [0, 0.1) is 23.3 Å². The lowest BCUT2D eigenvalue weighted by atomic mass is 10.1. The number of nitrogens with zero attached hydrogens (tertiary/aromatic N) is 2. The Balaban J connectivity index is 2.75. The maximum atomic E-state index is 13.7. The van der Waals surface area contributed by atoms with Crippen molar-refractivity contribution < 1.29 is 32.0 Å². The van der Waals surface area contributed by atoms with Crippen molar-refractivity contribution in [2.24, 2.45) is 5.73 Å². The monoisotopic (exact) mass is 291 g/mol. The van der Waals surface area contributed by atoms with Gasteiger partial charge in [-0.05, 0) is 0 Å². The summed E-state index contributed by atoms with van der Waals surface area (Å²) in [5.41, 5.74) is 2.12. The predicted molar refractivity (Wildman–Crippen MR) is 54.4 cm³/mol. The molecule has 3 N–H and O–H groups in total. The summed E-state index contributed by atoms with van der Waals surface area (Å²) >= 11 is 0. The van der Waals surface area contributed by atoms with Gasteiger partial charge in [-0.25, -0.2) is 22.4 Å². The number of halogens is 4. The van der Waals surface area contributed by atoms with Crippen molar-refractivity contribution in [3.8, 4) is 11.4 Å². The predicted octanol–water partition coefficient (Wildman–Crippen LogP) is 1.45. The van der Waals surface area contributed by atoms with Crippen molar-refractivity contribution >= 4 is 5.97 Å². The first-order valence-corrected chi connectivity index (χ1v) is 5.00. The van der Waals surface area contributed by atoms with Crippen LogP contribution in [0.5, 0.6) is 0 Å². The number of aromatic nitrogens is 2. The van der Waals surface area contributed by atoms with Crippen LogP contribution in [0.1, 0.15) is 16.2 Å². The molecule has 0 fully saturated rings. The average molecular weight is 291 g/mol. The van der Waals surface area contributed by atoms with E-state index in [1.54, 1.807) is 0 Å². The van der Waals surface area contributed by atoms with E-state index < -0.39 is 46.2 Å². The van der Waals surface area contributed by atoms with Crippen LogP contribution in [-0.2, 0) is 6.54 Å². The van der Waals surface area contributed by atoms with Gasteiger partial charge < -0.3 is 15.4 Å². The van der Waals surface area contributed by atoms with Gasteiger partial charge in [-0.1, -0.05) is 5.16 Å². The van der Waals surface area contributed by atoms with Crippen LogP contribution in [0.25, 0.3) is 11.4 Å². The van der Waals surface area contributed by atoms with Crippen molar-refractivity contribution in [2.45, 2.75) is 6.54 Å². The highest BCUT2D eigenvalue weighted by Gasteiger charge is 2.31. The van der Waals surface area contributed by atoms with E-state index in [1.807, 2.05) is 0 Å². The summed E-state index contributed by atoms with van der Waals surface area (Å²) in [5.74, 6) is -11.2. The van der Waals surface area contributed by atoms with E-state index in [1.165, 1.54) is 0 Å². The molecule has 0 unspecified atom stereocenters. The third kappa shape index (κ3) is 1.99. The molecule has 1 aromatic heterocycles. The Kier molecular flexibility index (Phi) is 3.40. The fourth-order valence-electron chi connectivity index (χ4n) is 1.46. The highest BCUT2D eigenvalue weighted by molar-refractivity contribution is 5.89. The van der Waals surface area contributed by atoms with Gasteiger partial charge in [0.25, 0.3) is 0 Å². The smallest absolute Gasteiger partial charge is 0.341 e. The third-order valence-electron chi connectivity index (χ3n) is 2.34. The van der Waals surface area contributed by atoms with E-state index in [9.17, 15) is 22.4 Å². The van der Waals surface area contributed by atoms with Gasteiger partial charge >= 0.3 is 5.97 Å². The number of nitrogens with two attached hydrogens (primary N) is 1. The molecule has 0 aliphatic carbocycles. The normalized spacial score (nSPS) is 10.8. The summed E-state index contributed by atoms with van der Waals surface area (Å²) in [7, 11) is 0. The van der Waals surface area contributed by atoms with E-state index in [4.69, 9.17) is 10.8 Å². The fraction of sp³-hybridized carbons (Fsp3) is 0.100. The van der Waals surface area contributed by atoms with Crippen molar-refractivity contribution in [1.29, 1.82) is 0 Å². The molecule has 106 valence electrons. The van der Waals surface area contributed by atoms with Crippen molar-refractivity contribution in [1.82, 2.24) is 10.1 Å². The summed E-state index contributed by atoms with van der Waals surface area (Å²) in [4.78, 5) is 14.0. The molecular formula is C10H5F4N3O3. The molecule has 0 atom stereocenters. The number of rotatable bonds is 3. The average Bonchev–Trinajstić information content (AvgIpc) is 2.85. The lowest BCUT2D eigenvalue weighted by molar-refractivity contribution is 0.0683. The van der Waals surface area contributed by atoms with Crippen LogP contribution < -0.4 is 5.73 Å². The minimum absolute atomic E-state index is 0.220. The zero-order chi connectivity index (χ0) is 15.0. The minimum atomic E-state index is -2.15. The number of hydrogen-bond donors (Lipinski definition) is 2. The second-order valence-corrected chi connectivity index (χ2v) is 3.53. The molecule has 0 bridgehead atoms. The Labute approximate surface area is 107 Å². The quantitative estimate of drug-likeness (QED) is 0.655. The summed E-state index contributed by atoms with van der Waals surface area (Å²) in [6, 6.07) is 0. The first-order chi connectivity index (χ1) is 9.38. The molecule has 2 aromatic rings. The van der Waals surface area contributed by atoms with Crippen LogP contribution in [0.2, 0.25) is 0 Å². The zero-order valence-corrected chi connectivity index (χ0v) is 9.45. The Hall–Kier alpha value is -2.49. The largest absolute Gasteiger partial charge is 0.477 e. The van der Waals surface area contributed by atoms with Crippen LogP contribution in [-0.4, -0.2) is 21.2 Å². The van der Waals surface area contributed by atoms with E-state index in [0.717, 1.165) is 0 Å². The summed E-state index contributed by atoms with van der Waals surface area (Å²) < 4.78 is 58.7. The van der Waals surface area contributed by atoms with E-state index in [2.05, 4.69) is 14.7 Å². The van der Waals surface area contributed by atoms with Crippen molar-refractivity contribution in [3.05, 3.63) is 34.7 Å². The summed E-state index contributed by atoms with van der Waals surface area (Å²) in [6.07, 6.45) is 0. The SMILES string of the molecule is NCc1nc(-c2c(F)c(F)c(C(=O)O)c(F)c2F)no1. The Morgan fingerprint density at radius 1 is 1.15 bits per heavy atom. The van der Waals surface area contributed by atoms with Crippen LogP contribution in [0.4, 0.5) is 17.6 Å². The first-order valence-electron chi connectivity index (χ1n) is 5.00. The van der Waals surface area contributed by atoms with E-state index in [0.29, 0.717) is 0 Å². The molecular weight excluding hydrogens is 286 g/mol. The lowest BCUT2D eigenvalue weighted by Crippen LogP contribution is -2.11. The number of benzene rings is 1. The van der Waals surface area contributed by atoms with Crippen molar-refractivity contribution in [2.75, 3.05) is 0 Å². The molecule has 10 heteroatoms. The molecule has 2 rings (SSSR count). The van der Waals surface area contributed by atoms with Gasteiger partial charge in [-0.2, -0.15) is 4.98 Å². The summed E-state index contributed by atoms with van der Waals surface area (Å²) in [6.45, 7) is -0.256. The molecule has 1 heterocycles. The zero-order valence-electron chi connectivity index (χ0n) is 9.45. The molecule has 1 aromatic carbocycles. The van der Waals surface area contributed by atoms with Crippen LogP contribution in [0.3, 0.4) is 0 Å². The Bertz CT molecular complexity index is 672. The molecule has 0 saturated heterocycles. The number of hydrogen-bond acceptors (Lipinski definition) is 5. The molecule has 0 saturated carbocycles. The Morgan fingerprint density at radius 2 is 1.70 bits per heavy atom. The number of carbonyl (C=O) groups is 1. The second kappa shape index (κ2) is 4.89. The maximum Gasteiger partial charge on any atom is 0.341 e. The fourth-order valence-corrected chi connectivity index (χ4v) is 1.46. The number of carboxylic acid groups (broad SMARTS) is 1. The molecule has 0 aliphatic heterocycles.